The first-order valence-electron chi connectivity index (χ1n) is 4.87. The first-order valence-corrected chi connectivity index (χ1v) is 4.87. The number of hydrogen-bond acceptors (Lipinski definition) is 4. The van der Waals surface area contributed by atoms with Gasteiger partial charge in [0.25, 0.3) is 0 Å². The molecule has 0 aliphatic rings. The van der Waals surface area contributed by atoms with Gasteiger partial charge in [0.1, 0.15) is 5.76 Å². The maximum Gasteiger partial charge on any atom is 0.308 e. The highest BCUT2D eigenvalue weighted by atomic mass is 16.6. The van der Waals surface area contributed by atoms with Gasteiger partial charge in [0.15, 0.2) is 11.3 Å². The van der Waals surface area contributed by atoms with Crippen molar-refractivity contribution in [1.82, 2.24) is 0 Å². The minimum Gasteiger partial charge on any atom is -0.493 e. The molecular weight excluding hydrogens is 208 g/mol. The molecule has 0 saturated heterocycles. The first kappa shape index (κ1) is 10.5. The number of carbonyl (C=O) groups is 1. The van der Waals surface area contributed by atoms with Gasteiger partial charge in [-0.15, -0.1) is 0 Å². The van der Waals surface area contributed by atoms with E-state index in [-0.39, 0.29) is 0 Å². The predicted molar refractivity (Wildman–Crippen MR) is 58.8 cm³/mol. The van der Waals surface area contributed by atoms with Crippen LogP contribution in [0, 0.1) is 6.92 Å². The van der Waals surface area contributed by atoms with Crippen LogP contribution in [-0.4, -0.2) is 13.1 Å². The van der Waals surface area contributed by atoms with Crippen LogP contribution in [0.5, 0.6) is 11.5 Å². The smallest absolute Gasteiger partial charge is 0.308 e. The van der Waals surface area contributed by atoms with Crippen LogP contribution in [0.25, 0.3) is 11.0 Å². The molecule has 0 fully saturated rings. The molecule has 2 aromatic rings. The lowest BCUT2D eigenvalue weighted by atomic mass is 10.2. The van der Waals surface area contributed by atoms with Crippen molar-refractivity contribution in [1.29, 1.82) is 0 Å². The molecule has 2 rings (SSSR count). The van der Waals surface area contributed by atoms with Gasteiger partial charge in [0.2, 0.25) is 5.75 Å². The molecule has 0 spiro atoms. The van der Waals surface area contributed by atoms with Crippen LogP contribution in [0.15, 0.2) is 22.6 Å². The topological polar surface area (TPSA) is 48.7 Å². The molecule has 0 aliphatic heterocycles. The fraction of sp³-hybridized carbons (Fsp3) is 0.250. The van der Waals surface area contributed by atoms with Crippen LogP contribution in [0.3, 0.4) is 0 Å². The van der Waals surface area contributed by atoms with E-state index >= 15 is 0 Å². The summed E-state index contributed by atoms with van der Waals surface area (Å²) in [4.78, 5) is 11.0. The predicted octanol–water partition coefficient (Wildman–Crippen LogP) is 2.68. The van der Waals surface area contributed by atoms with Gasteiger partial charge in [0, 0.05) is 12.3 Å². The van der Waals surface area contributed by atoms with E-state index < -0.39 is 5.97 Å². The standard InChI is InChI=1S/C12H12O4/c1-7-6-9-4-5-10(14-3)12(11(9)15-7)16-8(2)13/h4-6H,1-3H3. The normalized spacial score (nSPS) is 10.4. The van der Waals surface area contributed by atoms with Gasteiger partial charge in [-0.05, 0) is 25.1 Å². The lowest BCUT2D eigenvalue weighted by Gasteiger charge is -2.07. The lowest BCUT2D eigenvalue weighted by molar-refractivity contribution is -0.131. The number of esters is 1. The van der Waals surface area contributed by atoms with Crippen LogP contribution in [0.2, 0.25) is 0 Å². The number of hydrogen-bond donors (Lipinski definition) is 0. The number of fused-ring (bicyclic) bond motifs is 1. The van der Waals surface area contributed by atoms with Crippen LogP contribution < -0.4 is 9.47 Å². The lowest BCUT2D eigenvalue weighted by Crippen LogP contribution is -2.03. The molecule has 4 nitrogen and oxygen atoms in total. The van der Waals surface area contributed by atoms with Crippen molar-refractivity contribution in [3.63, 3.8) is 0 Å². The summed E-state index contributed by atoms with van der Waals surface area (Å²) >= 11 is 0. The maximum atomic E-state index is 11.0. The number of rotatable bonds is 2. The van der Waals surface area contributed by atoms with E-state index in [1.807, 2.05) is 19.1 Å². The summed E-state index contributed by atoms with van der Waals surface area (Å²) in [5, 5.41) is 0.884. The average Bonchev–Trinajstić information content (AvgIpc) is 2.59. The molecule has 0 aliphatic carbocycles. The van der Waals surface area contributed by atoms with E-state index in [2.05, 4.69) is 0 Å². The second-order valence-corrected chi connectivity index (χ2v) is 3.47. The van der Waals surface area contributed by atoms with E-state index in [1.54, 1.807) is 6.07 Å². The van der Waals surface area contributed by atoms with Crippen molar-refractivity contribution < 1.29 is 18.7 Å². The third-order valence-corrected chi connectivity index (χ3v) is 2.19. The largest absolute Gasteiger partial charge is 0.493 e. The molecule has 0 radical (unpaired) electrons. The quantitative estimate of drug-likeness (QED) is 0.576. The number of ether oxygens (including phenoxy) is 2. The van der Waals surface area contributed by atoms with Gasteiger partial charge >= 0.3 is 5.97 Å². The summed E-state index contributed by atoms with van der Waals surface area (Å²) in [5.41, 5.74) is 0.534. The van der Waals surface area contributed by atoms with Crippen LogP contribution in [-0.2, 0) is 4.79 Å². The molecule has 0 saturated carbocycles. The van der Waals surface area contributed by atoms with Gasteiger partial charge in [-0.1, -0.05) is 0 Å². The fourth-order valence-corrected chi connectivity index (χ4v) is 1.59. The van der Waals surface area contributed by atoms with Crippen molar-refractivity contribution in [3.8, 4) is 11.5 Å². The third kappa shape index (κ3) is 1.74. The maximum absolute atomic E-state index is 11.0. The average molecular weight is 220 g/mol. The Morgan fingerprint density at radius 2 is 2.12 bits per heavy atom. The molecular formula is C12H12O4. The molecule has 0 atom stereocenters. The Bertz CT molecular complexity index is 539. The van der Waals surface area contributed by atoms with Gasteiger partial charge in [-0.2, -0.15) is 0 Å². The van der Waals surface area contributed by atoms with Crippen LogP contribution in [0.4, 0.5) is 0 Å². The van der Waals surface area contributed by atoms with Gasteiger partial charge in [-0.3, -0.25) is 4.79 Å². The van der Waals surface area contributed by atoms with Crippen molar-refractivity contribution >= 4 is 16.9 Å². The Morgan fingerprint density at radius 1 is 1.38 bits per heavy atom. The Labute approximate surface area is 92.8 Å². The Kier molecular flexibility index (Phi) is 2.56. The summed E-state index contributed by atoms with van der Waals surface area (Å²) in [6.45, 7) is 3.18. The van der Waals surface area contributed by atoms with E-state index in [0.717, 1.165) is 11.1 Å². The van der Waals surface area contributed by atoms with Crippen molar-refractivity contribution in [2.24, 2.45) is 0 Å². The SMILES string of the molecule is COc1ccc2cc(C)oc2c1OC(C)=O. The van der Waals surface area contributed by atoms with Crippen molar-refractivity contribution in [3.05, 3.63) is 24.0 Å². The number of carbonyl (C=O) groups excluding carboxylic acids is 1. The summed E-state index contributed by atoms with van der Waals surface area (Å²) in [5.74, 6) is 1.18. The van der Waals surface area contributed by atoms with E-state index in [0.29, 0.717) is 17.1 Å². The Hall–Kier alpha value is -1.97. The molecule has 0 unspecified atom stereocenters. The molecule has 0 bridgehead atoms. The van der Waals surface area contributed by atoms with Crippen LogP contribution >= 0.6 is 0 Å². The summed E-state index contributed by atoms with van der Waals surface area (Å²) in [6, 6.07) is 5.48. The van der Waals surface area contributed by atoms with E-state index in [9.17, 15) is 4.79 Å². The van der Waals surface area contributed by atoms with Crippen molar-refractivity contribution in [2.45, 2.75) is 13.8 Å². The number of furan rings is 1. The number of benzene rings is 1. The molecule has 1 aromatic heterocycles. The highest BCUT2D eigenvalue weighted by Crippen LogP contribution is 2.37. The monoisotopic (exact) mass is 220 g/mol. The zero-order valence-electron chi connectivity index (χ0n) is 9.37. The summed E-state index contributed by atoms with van der Waals surface area (Å²) in [7, 11) is 1.52. The zero-order valence-corrected chi connectivity index (χ0v) is 9.37. The Morgan fingerprint density at radius 3 is 2.75 bits per heavy atom. The van der Waals surface area contributed by atoms with Gasteiger partial charge < -0.3 is 13.9 Å². The molecule has 16 heavy (non-hydrogen) atoms. The van der Waals surface area contributed by atoms with E-state index in [4.69, 9.17) is 13.9 Å². The molecule has 84 valence electrons. The second-order valence-electron chi connectivity index (χ2n) is 3.47. The summed E-state index contributed by atoms with van der Waals surface area (Å²) < 4.78 is 15.7. The molecule has 4 heteroatoms. The highest BCUT2D eigenvalue weighted by molar-refractivity contribution is 5.88. The molecule has 1 heterocycles. The third-order valence-electron chi connectivity index (χ3n) is 2.19. The molecule has 0 amide bonds. The summed E-state index contributed by atoms with van der Waals surface area (Å²) in [6.07, 6.45) is 0. The zero-order chi connectivity index (χ0) is 11.7. The van der Waals surface area contributed by atoms with E-state index in [1.165, 1.54) is 14.0 Å². The Balaban J connectivity index is 2.66. The minimum absolute atomic E-state index is 0.334. The van der Waals surface area contributed by atoms with Gasteiger partial charge in [0.05, 0.1) is 7.11 Å². The van der Waals surface area contributed by atoms with Crippen LogP contribution in [0.1, 0.15) is 12.7 Å². The van der Waals surface area contributed by atoms with Crippen molar-refractivity contribution in [2.75, 3.05) is 7.11 Å². The fourth-order valence-electron chi connectivity index (χ4n) is 1.59. The van der Waals surface area contributed by atoms with Gasteiger partial charge in [-0.25, -0.2) is 0 Å². The molecule has 0 N–H and O–H groups in total. The first-order chi connectivity index (χ1) is 7.61. The highest BCUT2D eigenvalue weighted by Gasteiger charge is 2.15. The second kappa shape index (κ2) is 3.89. The number of aryl methyl sites for hydroxylation is 1. The minimum atomic E-state index is -0.403. The molecule has 1 aromatic carbocycles. The number of methoxy groups -OCH3 is 1.